The van der Waals surface area contributed by atoms with Gasteiger partial charge >= 0.3 is 0 Å². The lowest BCUT2D eigenvalue weighted by atomic mass is 9.48. The summed E-state index contributed by atoms with van der Waals surface area (Å²) >= 11 is 0. The second-order valence-electron chi connectivity index (χ2n) is 8.87. The maximum absolute atomic E-state index is 12.8. The molecular formula is C21H27NO3. The standard InChI is InChI=1S/C21H27NO3/c1-13(21-9-14-6-15(10-21)8-16(7-14)11-21)22-20(23)19-12-24-17-4-2-3-5-18(17)25-19/h2-5,13-16,19H,6-12H2,1H3,(H,22,23)/t13-,14?,15?,16?,19-,21?/m1/s1. The van der Waals surface area contributed by atoms with Crippen molar-refractivity contribution in [1.29, 1.82) is 0 Å². The molecule has 4 saturated carbocycles. The van der Waals surface area contributed by atoms with Crippen LogP contribution in [0.2, 0.25) is 0 Å². The number of ether oxygens (including phenoxy) is 2. The second kappa shape index (κ2) is 5.65. The predicted octanol–water partition coefficient (Wildman–Crippen LogP) is 3.55. The molecule has 0 radical (unpaired) electrons. The summed E-state index contributed by atoms with van der Waals surface area (Å²) in [5.74, 6) is 4.04. The van der Waals surface area contributed by atoms with E-state index in [1.807, 2.05) is 24.3 Å². The molecule has 25 heavy (non-hydrogen) atoms. The van der Waals surface area contributed by atoms with E-state index in [-0.39, 0.29) is 18.6 Å². The summed E-state index contributed by atoms with van der Waals surface area (Å²) in [5, 5.41) is 3.29. The molecule has 0 aromatic heterocycles. The number of nitrogens with one attached hydrogen (secondary N) is 1. The minimum absolute atomic E-state index is 0.0299. The highest BCUT2D eigenvalue weighted by Crippen LogP contribution is 2.61. The minimum Gasteiger partial charge on any atom is -0.485 e. The lowest BCUT2D eigenvalue weighted by Crippen LogP contribution is -2.58. The molecule has 4 nitrogen and oxygen atoms in total. The van der Waals surface area contributed by atoms with E-state index in [1.54, 1.807) is 0 Å². The third-order valence-electron chi connectivity index (χ3n) is 7.16. The van der Waals surface area contributed by atoms with Gasteiger partial charge in [-0.3, -0.25) is 4.79 Å². The van der Waals surface area contributed by atoms with Crippen molar-refractivity contribution in [1.82, 2.24) is 5.32 Å². The molecule has 1 aromatic rings. The van der Waals surface area contributed by atoms with Crippen LogP contribution in [0.1, 0.15) is 45.4 Å². The lowest BCUT2D eigenvalue weighted by molar-refractivity contribution is -0.134. The summed E-state index contributed by atoms with van der Waals surface area (Å²) < 4.78 is 11.6. The van der Waals surface area contributed by atoms with Crippen LogP contribution in [0.3, 0.4) is 0 Å². The molecular weight excluding hydrogens is 314 g/mol. The zero-order valence-corrected chi connectivity index (χ0v) is 14.9. The van der Waals surface area contributed by atoms with Crippen LogP contribution in [0.15, 0.2) is 24.3 Å². The van der Waals surface area contributed by atoms with Crippen LogP contribution in [0.4, 0.5) is 0 Å². The Hall–Kier alpha value is -1.71. The average Bonchev–Trinajstić information content (AvgIpc) is 2.60. The van der Waals surface area contributed by atoms with E-state index in [0.717, 1.165) is 23.5 Å². The SMILES string of the molecule is C[C@@H](NC(=O)[C@H]1COc2ccccc2O1)C12CC3CC(CC(C3)C1)C2. The largest absolute Gasteiger partial charge is 0.485 e. The van der Waals surface area contributed by atoms with Gasteiger partial charge in [-0.25, -0.2) is 0 Å². The average molecular weight is 341 g/mol. The second-order valence-corrected chi connectivity index (χ2v) is 8.87. The van der Waals surface area contributed by atoms with Gasteiger partial charge in [-0.2, -0.15) is 0 Å². The van der Waals surface area contributed by atoms with E-state index in [2.05, 4.69) is 12.2 Å². The van der Waals surface area contributed by atoms with Crippen LogP contribution in [0, 0.1) is 23.2 Å². The van der Waals surface area contributed by atoms with E-state index >= 15 is 0 Å². The third kappa shape index (κ3) is 2.61. The lowest BCUT2D eigenvalue weighted by Gasteiger charge is -2.59. The number of fused-ring (bicyclic) bond motifs is 1. The number of rotatable bonds is 3. The molecule has 5 aliphatic rings. The van der Waals surface area contributed by atoms with Crippen molar-refractivity contribution in [2.75, 3.05) is 6.61 Å². The Kier molecular flexibility index (Phi) is 3.51. The molecule has 1 heterocycles. The van der Waals surface area contributed by atoms with Crippen molar-refractivity contribution < 1.29 is 14.3 Å². The Morgan fingerprint density at radius 3 is 2.32 bits per heavy atom. The van der Waals surface area contributed by atoms with Crippen LogP contribution < -0.4 is 14.8 Å². The Morgan fingerprint density at radius 2 is 1.68 bits per heavy atom. The van der Waals surface area contributed by atoms with Crippen LogP contribution >= 0.6 is 0 Å². The fourth-order valence-electron chi connectivity index (χ4n) is 6.32. The summed E-state index contributed by atoms with van der Waals surface area (Å²) in [6.07, 6.45) is 7.62. The number of benzene rings is 1. The third-order valence-corrected chi connectivity index (χ3v) is 7.16. The first-order valence-corrected chi connectivity index (χ1v) is 9.80. The summed E-state index contributed by atoms with van der Waals surface area (Å²) in [5.41, 5.74) is 0.317. The highest BCUT2D eigenvalue weighted by Gasteiger charge is 2.53. The first-order valence-electron chi connectivity index (χ1n) is 9.80. The summed E-state index contributed by atoms with van der Waals surface area (Å²) in [6.45, 7) is 2.50. The van der Waals surface area contributed by atoms with E-state index < -0.39 is 6.10 Å². The first kappa shape index (κ1) is 15.5. The predicted molar refractivity (Wildman–Crippen MR) is 94.6 cm³/mol. The number of hydrogen-bond donors (Lipinski definition) is 1. The van der Waals surface area contributed by atoms with Crippen LogP contribution in [0.25, 0.3) is 0 Å². The first-order chi connectivity index (χ1) is 12.1. The van der Waals surface area contributed by atoms with E-state index in [0.29, 0.717) is 11.2 Å². The van der Waals surface area contributed by atoms with Crippen molar-refractivity contribution in [2.45, 2.75) is 57.6 Å². The Labute approximate surface area is 149 Å². The minimum atomic E-state index is -0.550. The van der Waals surface area contributed by atoms with Gasteiger partial charge in [-0.15, -0.1) is 0 Å². The fraction of sp³-hybridized carbons (Fsp3) is 0.667. The van der Waals surface area contributed by atoms with Crippen molar-refractivity contribution >= 4 is 5.91 Å². The highest BCUT2D eigenvalue weighted by molar-refractivity contribution is 5.82. The molecule has 4 heteroatoms. The van der Waals surface area contributed by atoms with E-state index in [1.165, 1.54) is 38.5 Å². The molecule has 134 valence electrons. The van der Waals surface area contributed by atoms with Gasteiger partial charge in [-0.05, 0) is 80.8 Å². The molecule has 1 aliphatic heterocycles. The maximum atomic E-state index is 12.8. The smallest absolute Gasteiger partial charge is 0.264 e. The zero-order chi connectivity index (χ0) is 17.0. The molecule has 1 N–H and O–H groups in total. The van der Waals surface area contributed by atoms with E-state index in [4.69, 9.17) is 9.47 Å². The summed E-state index contributed by atoms with van der Waals surface area (Å²) in [4.78, 5) is 12.8. The molecule has 1 aromatic carbocycles. The highest BCUT2D eigenvalue weighted by atomic mass is 16.6. The molecule has 0 spiro atoms. The Morgan fingerprint density at radius 1 is 1.08 bits per heavy atom. The molecule has 1 amide bonds. The van der Waals surface area contributed by atoms with Gasteiger partial charge in [0.05, 0.1) is 0 Å². The topological polar surface area (TPSA) is 47.6 Å². The van der Waals surface area contributed by atoms with E-state index in [9.17, 15) is 4.79 Å². The fourth-order valence-corrected chi connectivity index (χ4v) is 6.32. The quantitative estimate of drug-likeness (QED) is 0.915. The summed E-state index contributed by atoms with van der Waals surface area (Å²) in [7, 11) is 0. The van der Waals surface area contributed by atoms with Crippen LogP contribution in [-0.2, 0) is 4.79 Å². The normalized spacial score (nSPS) is 39.1. The van der Waals surface area contributed by atoms with Crippen LogP contribution in [-0.4, -0.2) is 24.7 Å². The van der Waals surface area contributed by atoms with Gasteiger partial charge in [0.15, 0.2) is 11.5 Å². The van der Waals surface area contributed by atoms with Gasteiger partial charge in [0.1, 0.15) is 6.61 Å². The molecule has 0 unspecified atom stereocenters. The van der Waals surface area contributed by atoms with Crippen molar-refractivity contribution in [2.24, 2.45) is 23.2 Å². The number of hydrogen-bond acceptors (Lipinski definition) is 3. The molecule has 4 bridgehead atoms. The van der Waals surface area contributed by atoms with Crippen molar-refractivity contribution in [3.8, 4) is 11.5 Å². The summed E-state index contributed by atoms with van der Waals surface area (Å²) in [6, 6.07) is 7.77. The molecule has 0 saturated heterocycles. The number of carbonyl (C=O) groups is 1. The Balaban J connectivity index is 1.27. The number of amides is 1. The van der Waals surface area contributed by atoms with Gasteiger partial charge < -0.3 is 14.8 Å². The molecule has 6 rings (SSSR count). The number of para-hydroxylation sites is 2. The van der Waals surface area contributed by atoms with Gasteiger partial charge in [0.25, 0.3) is 5.91 Å². The molecule has 4 fully saturated rings. The van der Waals surface area contributed by atoms with Gasteiger partial charge in [0, 0.05) is 6.04 Å². The Bertz CT molecular complexity index is 650. The van der Waals surface area contributed by atoms with Crippen LogP contribution in [0.5, 0.6) is 11.5 Å². The number of carbonyl (C=O) groups excluding carboxylic acids is 1. The van der Waals surface area contributed by atoms with Gasteiger partial charge in [0.2, 0.25) is 6.10 Å². The molecule has 4 aliphatic carbocycles. The zero-order valence-electron chi connectivity index (χ0n) is 14.9. The van der Waals surface area contributed by atoms with Crippen molar-refractivity contribution in [3.05, 3.63) is 24.3 Å². The maximum Gasteiger partial charge on any atom is 0.264 e. The molecule has 2 atom stereocenters. The van der Waals surface area contributed by atoms with Crippen molar-refractivity contribution in [3.63, 3.8) is 0 Å². The van der Waals surface area contributed by atoms with Gasteiger partial charge in [-0.1, -0.05) is 12.1 Å². The monoisotopic (exact) mass is 341 g/mol.